The minimum atomic E-state index is -1.10. The highest BCUT2D eigenvalue weighted by atomic mass is 16.7. The van der Waals surface area contributed by atoms with E-state index < -0.39 is 5.97 Å². The summed E-state index contributed by atoms with van der Waals surface area (Å²) in [6.07, 6.45) is 0. The van der Waals surface area contributed by atoms with Gasteiger partial charge in [-0.1, -0.05) is 48.5 Å². The molecule has 0 saturated carbocycles. The van der Waals surface area contributed by atoms with Crippen LogP contribution in [0.2, 0.25) is 0 Å². The molecule has 0 atom stereocenters. The van der Waals surface area contributed by atoms with Crippen LogP contribution in [0.15, 0.2) is 59.6 Å². The van der Waals surface area contributed by atoms with Gasteiger partial charge in [0.25, 0.3) is 0 Å². The third kappa shape index (κ3) is 2.93. The van der Waals surface area contributed by atoms with Gasteiger partial charge in [0, 0.05) is 0 Å². The van der Waals surface area contributed by atoms with Gasteiger partial charge < -0.3 is 5.11 Å². The van der Waals surface area contributed by atoms with E-state index in [1.165, 1.54) is 5.06 Å². The summed E-state index contributed by atoms with van der Waals surface area (Å²) < 4.78 is 0. The summed E-state index contributed by atoms with van der Waals surface area (Å²) >= 11 is 0. The number of benzene rings is 2. The number of carboxylic acids is 1. The summed E-state index contributed by atoms with van der Waals surface area (Å²) in [5, 5.41) is 10.6. The molecule has 1 N–H and O–H groups in total. The molecule has 5 heteroatoms. The van der Waals surface area contributed by atoms with Crippen molar-refractivity contribution in [3.8, 4) is 0 Å². The summed E-state index contributed by atoms with van der Waals surface area (Å²) in [7, 11) is 0. The van der Waals surface area contributed by atoms with E-state index in [4.69, 9.17) is 4.84 Å². The Kier molecular flexibility index (Phi) is 3.66. The van der Waals surface area contributed by atoms with Crippen LogP contribution in [0.5, 0.6) is 0 Å². The fraction of sp³-hybridized carbons (Fsp3) is 0.125. The zero-order valence-corrected chi connectivity index (χ0v) is 11.3. The molecule has 3 rings (SSSR count). The molecular weight excluding hydrogens is 268 g/mol. The first-order valence-electron chi connectivity index (χ1n) is 6.58. The molecule has 0 aliphatic carbocycles. The molecule has 21 heavy (non-hydrogen) atoms. The Morgan fingerprint density at radius 3 is 2.62 bits per heavy atom. The zero-order chi connectivity index (χ0) is 14.7. The number of carboxylic acid groups (broad SMARTS) is 1. The lowest BCUT2D eigenvalue weighted by molar-refractivity contribution is -0.143. The van der Waals surface area contributed by atoms with Crippen molar-refractivity contribution >= 4 is 17.5 Å². The van der Waals surface area contributed by atoms with Gasteiger partial charge in [-0.15, -0.1) is 0 Å². The number of aliphatic imine (C=N–C) groups is 1. The van der Waals surface area contributed by atoms with Gasteiger partial charge in [-0.3, -0.25) is 4.84 Å². The van der Waals surface area contributed by atoms with Gasteiger partial charge in [-0.25, -0.2) is 14.9 Å². The smallest absolute Gasteiger partial charge is 0.374 e. The number of aliphatic carboxylic acids is 1. The number of hydrogen-bond donors (Lipinski definition) is 1. The standard InChI is InChI=1S/C16H14N2O3/c19-16(20)15-17-14-9-5-4-8-13(14)10-18(15)21-11-12-6-2-1-3-7-12/h1-9H,10-11H2,(H,19,20). The molecule has 0 fully saturated rings. The summed E-state index contributed by atoms with van der Waals surface area (Å²) in [5.74, 6) is -1.19. The van der Waals surface area contributed by atoms with E-state index >= 15 is 0 Å². The molecule has 0 aromatic heterocycles. The van der Waals surface area contributed by atoms with Crippen molar-refractivity contribution in [1.82, 2.24) is 5.06 Å². The fourth-order valence-electron chi connectivity index (χ4n) is 2.14. The summed E-state index contributed by atoms with van der Waals surface area (Å²) in [5.41, 5.74) is 2.59. The van der Waals surface area contributed by atoms with Gasteiger partial charge in [0.15, 0.2) is 0 Å². The normalized spacial score (nSPS) is 13.5. The van der Waals surface area contributed by atoms with Gasteiger partial charge >= 0.3 is 5.97 Å². The Hall–Kier alpha value is -2.66. The molecule has 0 spiro atoms. The van der Waals surface area contributed by atoms with Gasteiger partial charge in [0.05, 0.1) is 18.8 Å². The van der Waals surface area contributed by atoms with Crippen LogP contribution in [-0.4, -0.2) is 22.0 Å². The SMILES string of the molecule is O=C(O)C1=Nc2ccccc2CN1OCc1ccccc1. The molecule has 1 heterocycles. The van der Waals surface area contributed by atoms with Crippen LogP contribution in [-0.2, 0) is 22.8 Å². The van der Waals surface area contributed by atoms with Crippen molar-refractivity contribution in [2.75, 3.05) is 0 Å². The van der Waals surface area contributed by atoms with E-state index in [1.54, 1.807) is 6.07 Å². The molecule has 0 amide bonds. The summed E-state index contributed by atoms with van der Waals surface area (Å²) in [4.78, 5) is 21.1. The fourth-order valence-corrected chi connectivity index (χ4v) is 2.14. The first kappa shape index (κ1) is 13.3. The van der Waals surface area contributed by atoms with Gasteiger partial charge in [-0.2, -0.15) is 0 Å². The van der Waals surface area contributed by atoms with Gasteiger partial charge in [0.1, 0.15) is 0 Å². The van der Waals surface area contributed by atoms with E-state index in [9.17, 15) is 9.90 Å². The predicted octanol–water partition coefficient (Wildman–Crippen LogP) is 2.75. The van der Waals surface area contributed by atoms with Crippen LogP contribution in [0.4, 0.5) is 5.69 Å². The maximum absolute atomic E-state index is 11.3. The molecule has 5 nitrogen and oxygen atoms in total. The second-order valence-corrected chi connectivity index (χ2v) is 4.66. The van der Waals surface area contributed by atoms with E-state index in [0.717, 1.165) is 11.1 Å². The third-order valence-corrected chi connectivity index (χ3v) is 3.19. The quantitative estimate of drug-likeness (QED) is 0.936. The number of fused-ring (bicyclic) bond motifs is 1. The van der Waals surface area contributed by atoms with Crippen molar-refractivity contribution in [2.24, 2.45) is 4.99 Å². The number of nitrogens with zero attached hydrogens (tertiary/aromatic N) is 2. The highest BCUT2D eigenvalue weighted by Crippen LogP contribution is 2.26. The third-order valence-electron chi connectivity index (χ3n) is 3.19. The van der Waals surface area contributed by atoms with E-state index in [-0.39, 0.29) is 5.84 Å². The second kappa shape index (κ2) is 5.76. The Balaban J connectivity index is 1.80. The van der Waals surface area contributed by atoms with Gasteiger partial charge in [0.2, 0.25) is 5.84 Å². The minimum Gasteiger partial charge on any atom is -0.475 e. The Morgan fingerprint density at radius 2 is 1.86 bits per heavy atom. The van der Waals surface area contributed by atoms with E-state index in [2.05, 4.69) is 4.99 Å². The number of amidine groups is 1. The highest BCUT2D eigenvalue weighted by Gasteiger charge is 2.25. The summed E-state index contributed by atoms with van der Waals surface area (Å²) in [6, 6.07) is 17.0. The van der Waals surface area contributed by atoms with Crippen LogP contribution >= 0.6 is 0 Å². The molecule has 0 unspecified atom stereocenters. The highest BCUT2D eigenvalue weighted by molar-refractivity contribution is 6.34. The zero-order valence-electron chi connectivity index (χ0n) is 11.3. The van der Waals surface area contributed by atoms with Crippen molar-refractivity contribution in [3.63, 3.8) is 0 Å². The first-order chi connectivity index (χ1) is 10.2. The summed E-state index contributed by atoms with van der Waals surface area (Å²) in [6.45, 7) is 0.670. The molecule has 2 aromatic carbocycles. The van der Waals surface area contributed by atoms with Crippen molar-refractivity contribution in [2.45, 2.75) is 13.2 Å². The Bertz CT molecular complexity index is 683. The van der Waals surface area contributed by atoms with Crippen LogP contribution < -0.4 is 0 Å². The largest absolute Gasteiger partial charge is 0.475 e. The number of carbonyl (C=O) groups is 1. The lowest BCUT2D eigenvalue weighted by atomic mass is 10.1. The molecule has 1 aliphatic heterocycles. The Labute approximate surface area is 122 Å². The van der Waals surface area contributed by atoms with E-state index in [1.807, 2.05) is 48.5 Å². The van der Waals surface area contributed by atoms with Gasteiger partial charge in [-0.05, 0) is 17.2 Å². The molecule has 2 aromatic rings. The average molecular weight is 282 g/mol. The predicted molar refractivity (Wildman–Crippen MR) is 77.9 cm³/mol. The molecule has 0 bridgehead atoms. The molecule has 0 saturated heterocycles. The van der Waals surface area contributed by atoms with Crippen LogP contribution in [0.3, 0.4) is 0 Å². The van der Waals surface area contributed by atoms with Crippen molar-refractivity contribution in [1.29, 1.82) is 0 Å². The topological polar surface area (TPSA) is 62.1 Å². The first-order valence-corrected chi connectivity index (χ1v) is 6.58. The molecular formula is C16H14N2O3. The van der Waals surface area contributed by atoms with Crippen molar-refractivity contribution in [3.05, 3.63) is 65.7 Å². The van der Waals surface area contributed by atoms with Crippen LogP contribution in [0.25, 0.3) is 0 Å². The minimum absolute atomic E-state index is 0.0929. The van der Waals surface area contributed by atoms with Crippen LogP contribution in [0.1, 0.15) is 11.1 Å². The monoisotopic (exact) mass is 282 g/mol. The number of para-hydroxylation sites is 1. The Morgan fingerprint density at radius 1 is 1.14 bits per heavy atom. The van der Waals surface area contributed by atoms with Crippen molar-refractivity contribution < 1.29 is 14.7 Å². The second-order valence-electron chi connectivity index (χ2n) is 4.66. The number of hydroxylamine groups is 2. The number of rotatable bonds is 4. The maximum Gasteiger partial charge on any atom is 0.374 e. The molecule has 1 aliphatic rings. The lowest BCUT2D eigenvalue weighted by Crippen LogP contribution is -2.38. The van der Waals surface area contributed by atoms with E-state index in [0.29, 0.717) is 18.8 Å². The molecule has 0 radical (unpaired) electrons. The molecule has 106 valence electrons. The number of hydrogen-bond acceptors (Lipinski definition) is 4. The van der Waals surface area contributed by atoms with Crippen LogP contribution in [0, 0.1) is 0 Å². The lowest BCUT2D eigenvalue weighted by Gasteiger charge is -2.27. The maximum atomic E-state index is 11.3. The average Bonchev–Trinajstić information content (AvgIpc) is 2.53.